The lowest BCUT2D eigenvalue weighted by atomic mass is 10.2. The minimum atomic E-state index is -0.206. The van der Waals surface area contributed by atoms with E-state index in [1.165, 1.54) is 21.8 Å². The zero-order valence-electron chi connectivity index (χ0n) is 7.18. The molecule has 0 unspecified atom stereocenters. The third-order valence-corrected chi connectivity index (χ3v) is 3.08. The van der Waals surface area contributed by atoms with E-state index in [0.29, 0.717) is 4.88 Å². The van der Waals surface area contributed by atoms with Crippen LogP contribution in [0.2, 0.25) is 0 Å². The van der Waals surface area contributed by atoms with Gasteiger partial charge in [-0.25, -0.2) is 5.84 Å². The molecular formula is C8H12N2OS. The molecule has 1 rings (SSSR count). The Labute approximate surface area is 75.6 Å². The molecule has 12 heavy (non-hydrogen) atoms. The maximum Gasteiger partial charge on any atom is 0.275 e. The third-order valence-electron chi connectivity index (χ3n) is 1.70. The van der Waals surface area contributed by atoms with Crippen LogP contribution in [-0.2, 0) is 6.42 Å². The Balaban J connectivity index is 2.96. The van der Waals surface area contributed by atoms with E-state index >= 15 is 0 Å². The molecule has 1 heterocycles. The molecule has 0 bridgehead atoms. The van der Waals surface area contributed by atoms with Gasteiger partial charge < -0.3 is 0 Å². The van der Waals surface area contributed by atoms with E-state index in [4.69, 9.17) is 5.84 Å². The summed E-state index contributed by atoms with van der Waals surface area (Å²) in [6.45, 7) is 4.07. The van der Waals surface area contributed by atoms with Crippen molar-refractivity contribution in [1.29, 1.82) is 0 Å². The van der Waals surface area contributed by atoms with Gasteiger partial charge >= 0.3 is 0 Å². The summed E-state index contributed by atoms with van der Waals surface area (Å²) in [5.41, 5.74) is 3.29. The Bertz CT molecular complexity index is 293. The van der Waals surface area contributed by atoms with Crippen molar-refractivity contribution in [3.8, 4) is 0 Å². The van der Waals surface area contributed by atoms with Crippen LogP contribution in [0, 0.1) is 6.92 Å². The number of carbonyl (C=O) groups is 1. The minimum absolute atomic E-state index is 0.206. The van der Waals surface area contributed by atoms with Crippen molar-refractivity contribution in [1.82, 2.24) is 5.43 Å². The Morgan fingerprint density at radius 3 is 2.83 bits per heavy atom. The van der Waals surface area contributed by atoms with E-state index in [2.05, 4.69) is 12.3 Å². The van der Waals surface area contributed by atoms with Crippen LogP contribution in [0.25, 0.3) is 0 Å². The van der Waals surface area contributed by atoms with E-state index in [0.717, 1.165) is 6.42 Å². The first kappa shape index (κ1) is 9.22. The van der Waals surface area contributed by atoms with E-state index in [-0.39, 0.29) is 5.91 Å². The first-order valence-corrected chi connectivity index (χ1v) is 4.61. The number of hydrazine groups is 1. The van der Waals surface area contributed by atoms with Gasteiger partial charge in [-0.2, -0.15) is 0 Å². The fraction of sp³-hybridized carbons (Fsp3) is 0.375. The lowest BCUT2D eigenvalue weighted by Gasteiger charge is -1.91. The summed E-state index contributed by atoms with van der Waals surface area (Å²) in [7, 11) is 0. The number of thiophene rings is 1. The lowest BCUT2D eigenvalue weighted by molar-refractivity contribution is 0.0957. The van der Waals surface area contributed by atoms with Crippen LogP contribution in [0.15, 0.2) is 6.07 Å². The molecule has 0 aliphatic rings. The summed E-state index contributed by atoms with van der Waals surface area (Å²) in [5, 5.41) is 0. The van der Waals surface area contributed by atoms with Crippen LogP contribution in [0.3, 0.4) is 0 Å². The predicted molar refractivity (Wildman–Crippen MR) is 50.1 cm³/mol. The minimum Gasteiger partial charge on any atom is -0.289 e. The first-order valence-electron chi connectivity index (χ1n) is 3.79. The number of nitrogen functional groups attached to an aromatic ring is 1. The van der Waals surface area contributed by atoms with Gasteiger partial charge in [-0.05, 0) is 25.0 Å². The highest BCUT2D eigenvalue weighted by molar-refractivity contribution is 7.14. The zero-order chi connectivity index (χ0) is 9.14. The van der Waals surface area contributed by atoms with Crippen molar-refractivity contribution >= 4 is 17.2 Å². The Morgan fingerprint density at radius 2 is 2.42 bits per heavy atom. The van der Waals surface area contributed by atoms with E-state index in [1.807, 2.05) is 13.0 Å². The molecule has 0 aliphatic heterocycles. The largest absolute Gasteiger partial charge is 0.289 e. The average Bonchev–Trinajstić information content (AvgIpc) is 2.45. The first-order chi connectivity index (χ1) is 5.69. The van der Waals surface area contributed by atoms with Gasteiger partial charge in [-0.1, -0.05) is 6.92 Å². The van der Waals surface area contributed by atoms with Gasteiger partial charge in [0.05, 0.1) is 4.88 Å². The summed E-state index contributed by atoms with van der Waals surface area (Å²) < 4.78 is 0. The second-order valence-corrected chi connectivity index (χ2v) is 3.68. The molecule has 0 aromatic carbocycles. The molecular weight excluding hydrogens is 172 g/mol. The average molecular weight is 184 g/mol. The van der Waals surface area contributed by atoms with Crippen molar-refractivity contribution in [3.05, 3.63) is 21.4 Å². The summed E-state index contributed by atoms with van der Waals surface area (Å²) in [6, 6.07) is 1.87. The number of rotatable bonds is 2. The maximum atomic E-state index is 11.1. The molecule has 0 fully saturated rings. The number of carbonyl (C=O) groups excluding carboxylic acids is 1. The Morgan fingerprint density at radius 1 is 1.75 bits per heavy atom. The van der Waals surface area contributed by atoms with E-state index in [9.17, 15) is 4.79 Å². The fourth-order valence-electron chi connectivity index (χ4n) is 1.05. The molecule has 3 N–H and O–H groups in total. The number of aryl methyl sites for hydroxylation is 2. The lowest BCUT2D eigenvalue weighted by Crippen LogP contribution is -2.29. The van der Waals surface area contributed by atoms with Crippen LogP contribution in [-0.4, -0.2) is 5.91 Å². The molecule has 3 nitrogen and oxygen atoms in total. The molecule has 0 radical (unpaired) electrons. The van der Waals surface area contributed by atoms with Crippen molar-refractivity contribution in [2.24, 2.45) is 5.84 Å². The van der Waals surface area contributed by atoms with Gasteiger partial charge in [0.25, 0.3) is 5.91 Å². The summed E-state index contributed by atoms with van der Waals surface area (Å²) in [5.74, 6) is 4.81. The van der Waals surface area contributed by atoms with Gasteiger partial charge in [0.15, 0.2) is 0 Å². The van der Waals surface area contributed by atoms with Crippen LogP contribution < -0.4 is 11.3 Å². The fourth-order valence-corrected chi connectivity index (χ4v) is 2.07. The summed E-state index contributed by atoms with van der Waals surface area (Å²) in [6.07, 6.45) is 0.967. The molecule has 0 atom stereocenters. The predicted octanol–water partition coefficient (Wildman–Crippen LogP) is 1.22. The monoisotopic (exact) mass is 184 g/mol. The summed E-state index contributed by atoms with van der Waals surface area (Å²) >= 11 is 1.50. The number of hydrogen-bond donors (Lipinski definition) is 2. The highest BCUT2D eigenvalue weighted by Crippen LogP contribution is 2.21. The zero-order valence-corrected chi connectivity index (χ0v) is 7.99. The number of amides is 1. The molecule has 1 amide bonds. The SMILES string of the molecule is CCc1sc(C(=O)NN)cc1C. The maximum absolute atomic E-state index is 11.1. The molecule has 0 spiro atoms. The molecule has 0 saturated carbocycles. The third kappa shape index (κ3) is 1.65. The molecule has 1 aromatic heterocycles. The van der Waals surface area contributed by atoms with Crippen molar-refractivity contribution in [2.75, 3.05) is 0 Å². The quantitative estimate of drug-likeness (QED) is 0.412. The molecule has 4 heteroatoms. The second kappa shape index (κ2) is 3.69. The topological polar surface area (TPSA) is 55.1 Å². The molecule has 0 saturated heterocycles. The van der Waals surface area contributed by atoms with Crippen LogP contribution in [0.4, 0.5) is 0 Å². The highest BCUT2D eigenvalue weighted by Gasteiger charge is 2.09. The number of nitrogens with one attached hydrogen (secondary N) is 1. The van der Waals surface area contributed by atoms with Crippen LogP contribution in [0.1, 0.15) is 27.0 Å². The summed E-state index contributed by atoms with van der Waals surface area (Å²) in [4.78, 5) is 13.0. The smallest absolute Gasteiger partial charge is 0.275 e. The van der Waals surface area contributed by atoms with Gasteiger partial charge in [0, 0.05) is 4.88 Å². The standard InChI is InChI=1S/C8H12N2OS/c1-3-6-5(2)4-7(12-6)8(11)10-9/h4H,3,9H2,1-2H3,(H,10,11). The number of hydrogen-bond acceptors (Lipinski definition) is 3. The Kier molecular flexibility index (Phi) is 2.83. The van der Waals surface area contributed by atoms with E-state index in [1.54, 1.807) is 0 Å². The Hall–Kier alpha value is -0.870. The molecule has 66 valence electrons. The van der Waals surface area contributed by atoms with Gasteiger partial charge in [0.2, 0.25) is 0 Å². The molecule has 1 aromatic rings. The number of nitrogens with two attached hydrogens (primary N) is 1. The van der Waals surface area contributed by atoms with Crippen molar-refractivity contribution < 1.29 is 4.79 Å². The highest BCUT2D eigenvalue weighted by atomic mass is 32.1. The van der Waals surface area contributed by atoms with Gasteiger partial charge in [-0.3, -0.25) is 10.2 Å². The van der Waals surface area contributed by atoms with Crippen LogP contribution >= 0.6 is 11.3 Å². The van der Waals surface area contributed by atoms with Gasteiger partial charge in [0.1, 0.15) is 0 Å². The second-order valence-electron chi connectivity index (χ2n) is 2.54. The molecule has 0 aliphatic carbocycles. The normalized spacial score (nSPS) is 9.92. The van der Waals surface area contributed by atoms with E-state index < -0.39 is 0 Å². The van der Waals surface area contributed by atoms with Gasteiger partial charge in [-0.15, -0.1) is 11.3 Å². The van der Waals surface area contributed by atoms with Crippen molar-refractivity contribution in [2.45, 2.75) is 20.3 Å². The van der Waals surface area contributed by atoms with Crippen LogP contribution in [0.5, 0.6) is 0 Å². The van der Waals surface area contributed by atoms with Crippen molar-refractivity contribution in [3.63, 3.8) is 0 Å².